The Kier molecular flexibility index (Phi) is 57.8. The van der Waals surface area contributed by atoms with Gasteiger partial charge in [0.15, 0.2) is 6.10 Å². The molecule has 0 aliphatic carbocycles. The van der Waals surface area contributed by atoms with Crippen molar-refractivity contribution < 1.29 is 28.6 Å². The monoisotopic (exact) mass is 1000 g/mol. The number of allylic oxidation sites excluding steroid dienone is 12. The van der Waals surface area contributed by atoms with Crippen molar-refractivity contribution in [1.82, 2.24) is 0 Å². The topological polar surface area (TPSA) is 78.9 Å². The van der Waals surface area contributed by atoms with E-state index in [0.29, 0.717) is 19.3 Å². The molecule has 0 saturated carbocycles. The lowest BCUT2D eigenvalue weighted by molar-refractivity contribution is -0.167. The second-order valence-electron chi connectivity index (χ2n) is 20.6. The zero-order valence-electron chi connectivity index (χ0n) is 47.7. The molecule has 0 rings (SSSR count). The van der Waals surface area contributed by atoms with Crippen LogP contribution in [-0.2, 0) is 28.6 Å². The van der Waals surface area contributed by atoms with Gasteiger partial charge in [-0.25, -0.2) is 0 Å². The van der Waals surface area contributed by atoms with Gasteiger partial charge in [0.2, 0.25) is 0 Å². The van der Waals surface area contributed by atoms with E-state index in [9.17, 15) is 14.4 Å². The van der Waals surface area contributed by atoms with E-state index in [-0.39, 0.29) is 31.1 Å². The summed E-state index contributed by atoms with van der Waals surface area (Å²) in [5.74, 6) is -0.876. The van der Waals surface area contributed by atoms with Gasteiger partial charge < -0.3 is 14.2 Å². The van der Waals surface area contributed by atoms with Gasteiger partial charge in [-0.05, 0) is 70.6 Å². The van der Waals surface area contributed by atoms with Crippen molar-refractivity contribution in [3.8, 4) is 0 Å². The maximum absolute atomic E-state index is 12.8. The van der Waals surface area contributed by atoms with Gasteiger partial charge in [0.05, 0.1) is 0 Å². The summed E-state index contributed by atoms with van der Waals surface area (Å²) < 4.78 is 16.8. The molecule has 0 aromatic heterocycles. The molecule has 0 radical (unpaired) electrons. The summed E-state index contributed by atoms with van der Waals surface area (Å²) in [6.45, 7) is 6.51. The zero-order chi connectivity index (χ0) is 52.2. The molecule has 0 spiro atoms. The van der Waals surface area contributed by atoms with Crippen LogP contribution in [0.25, 0.3) is 0 Å². The predicted octanol–water partition coefficient (Wildman–Crippen LogP) is 20.9. The third-order valence-electron chi connectivity index (χ3n) is 13.5. The average Bonchev–Trinajstić information content (AvgIpc) is 3.38. The summed E-state index contributed by atoms with van der Waals surface area (Å²) in [5, 5.41) is 0. The first kappa shape index (κ1) is 68.8. The first-order valence-corrected chi connectivity index (χ1v) is 30.9. The van der Waals surface area contributed by atoms with Gasteiger partial charge in [0, 0.05) is 19.3 Å². The number of hydrogen-bond acceptors (Lipinski definition) is 6. The van der Waals surface area contributed by atoms with Crippen molar-refractivity contribution in [2.24, 2.45) is 0 Å². The predicted molar refractivity (Wildman–Crippen MR) is 311 cm³/mol. The number of unbranched alkanes of at least 4 members (excludes halogenated alkanes) is 33. The molecule has 0 aromatic rings. The van der Waals surface area contributed by atoms with E-state index >= 15 is 0 Å². The van der Waals surface area contributed by atoms with E-state index in [0.717, 1.165) is 103 Å². The number of carbonyl (C=O) groups is 3. The lowest BCUT2D eigenvalue weighted by atomic mass is 10.0. The van der Waals surface area contributed by atoms with Crippen molar-refractivity contribution in [3.05, 3.63) is 72.9 Å². The van der Waals surface area contributed by atoms with Crippen molar-refractivity contribution in [2.75, 3.05) is 13.2 Å². The molecular formula is C66H116O6. The number of esters is 3. The second kappa shape index (κ2) is 60.4. The molecule has 416 valence electrons. The quantitative estimate of drug-likeness (QED) is 0.0261. The zero-order valence-corrected chi connectivity index (χ0v) is 47.7. The van der Waals surface area contributed by atoms with E-state index in [2.05, 4.69) is 93.7 Å². The van der Waals surface area contributed by atoms with Crippen molar-refractivity contribution in [2.45, 2.75) is 316 Å². The minimum absolute atomic E-state index is 0.0744. The Bertz CT molecular complexity index is 1340. The van der Waals surface area contributed by atoms with E-state index in [1.54, 1.807) is 0 Å². The smallest absolute Gasteiger partial charge is 0.306 e. The van der Waals surface area contributed by atoms with Crippen LogP contribution in [0, 0.1) is 0 Å². The maximum Gasteiger partial charge on any atom is 0.306 e. The van der Waals surface area contributed by atoms with Gasteiger partial charge in [0.25, 0.3) is 0 Å². The van der Waals surface area contributed by atoms with E-state index in [1.807, 2.05) is 0 Å². The summed E-state index contributed by atoms with van der Waals surface area (Å²) in [4.78, 5) is 38.0. The number of rotatable bonds is 56. The molecule has 0 aliphatic rings. The third kappa shape index (κ3) is 57.7. The van der Waals surface area contributed by atoms with E-state index < -0.39 is 6.10 Å². The molecule has 1 atom stereocenters. The minimum Gasteiger partial charge on any atom is -0.462 e. The van der Waals surface area contributed by atoms with Crippen LogP contribution in [0.4, 0.5) is 0 Å². The van der Waals surface area contributed by atoms with E-state index in [1.165, 1.54) is 167 Å². The SMILES string of the molecule is CC/C=C\C/C=C\C/C=C\C/C=C\C/C=C\C/C=C\CCCCCCCCCCC(=O)OCC(COC(=O)CCCCCCCCC)OC(=O)CCCCCCCCCCCCCCCCCCCCCC. The highest BCUT2D eigenvalue weighted by molar-refractivity contribution is 5.71. The Morgan fingerprint density at radius 1 is 0.292 bits per heavy atom. The van der Waals surface area contributed by atoms with Crippen molar-refractivity contribution >= 4 is 17.9 Å². The fourth-order valence-electron chi connectivity index (χ4n) is 8.86. The van der Waals surface area contributed by atoms with Crippen LogP contribution in [0.2, 0.25) is 0 Å². The second-order valence-corrected chi connectivity index (χ2v) is 20.6. The van der Waals surface area contributed by atoms with Gasteiger partial charge in [-0.1, -0.05) is 293 Å². The summed E-state index contributed by atoms with van der Waals surface area (Å²) >= 11 is 0. The lowest BCUT2D eigenvalue weighted by Gasteiger charge is -2.18. The third-order valence-corrected chi connectivity index (χ3v) is 13.5. The van der Waals surface area contributed by atoms with Crippen LogP contribution >= 0.6 is 0 Å². The molecule has 0 aliphatic heterocycles. The molecule has 0 aromatic carbocycles. The Morgan fingerprint density at radius 3 is 0.847 bits per heavy atom. The van der Waals surface area contributed by atoms with Crippen LogP contribution < -0.4 is 0 Å². The van der Waals surface area contributed by atoms with Crippen LogP contribution in [0.15, 0.2) is 72.9 Å². The normalized spacial score (nSPS) is 12.5. The van der Waals surface area contributed by atoms with Gasteiger partial charge >= 0.3 is 17.9 Å². The molecule has 0 bridgehead atoms. The fourth-order valence-corrected chi connectivity index (χ4v) is 8.86. The molecule has 0 saturated heterocycles. The summed E-state index contributed by atoms with van der Waals surface area (Å²) in [7, 11) is 0. The number of hydrogen-bond donors (Lipinski definition) is 0. The first-order chi connectivity index (χ1) is 35.5. The Labute approximate surface area is 446 Å². The Morgan fingerprint density at radius 2 is 0.542 bits per heavy atom. The molecule has 6 nitrogen and oxygen atoms in total. The maximum atomic E-state index is 12.8. The summed E-state index contributed by atoms with van der Waals surface area (Å²) in [5.41, 5.74) is 0. The average molecular weight is 1010 g/mol. The Hall–Kier alpha value is -3.15. The highest BCUT2D eigenvalue weighted by Gasteiger charge is 2.19. The molecule has 1 unspecified atom stereocenters. The number of ether oxygens (including phenoxy) is 3. The number of carbonyl (C=O) groups excluding carboxylic acids is 3. The van der Waals surface area contributed by atoms with Gasteiger partial charge in [-0.2, -0.15) is 0 Å². The van der Waals surface area contributed by atoms with Crippen molar-refractivity contribution in [3.63, 3.8) is 0 Å². The summed E-state index contributed by atoms with van der Waals surface area (Å²) in [6, 6.07) is 0. The van der Waals surface area contributed by atoms with Crippen LogP contribution in [-0.4, -0.2) is 37.2 Å². The molecule has 72 heavy (non-hydrogen) atoms. The molecule has 6 heteroatoms. The van der Waals surface area contributed by atoms with Gasteiger partial charge in [-0.3, -0.25) is 14.4 Å². The molecular weight excluding hydrogens is 889 g/mol. The highest BCUT2D eigenvalue weighted by Crippen LogP contribution is 2.17. The lowest BCUT2D eigenvalue weighted by Crippen LogP contribution is -2.30. The first-order valence-electron chi connectivity index (χ1n) is 30.9. The van der Waals surface area contributed by atoms with Gasteiger partial charge in [-0.15, -0.1) is 0 Å². The molecule has 0 N–H and O–H groups in total. The van der Waals surface area contributed by atoms with Gasteiger partial charge in [0.1, 0.15) is 13.2 Å². The highest BCUT2D eigenvalue weighted by atomic mass is 16.6. The molecule has 0 amide bonds. The molecule has 0 heterocycles. The standard InChI is InChI=1S/C66H116O6/c1-4-7-10-13-16-18-20-22-24-26-28-30-31-32-33-34-35-36-38-39-41-43-45-47-50-53-56-59-65(68)71-62-63(61-70-64(67)58-55-52-49-15-12-9-6-3)72-66(69)60-57-54-51-48-46-44-42-40-37-29-27-25-23-21-19-17-14-11-8-5-2/h7,10,16,18,22,24,28,30,32-33,35-36,63H,4-6,8-9,11-15,17,19-21,23,25-27,29,31,34,37-62H2,1-3H3/b10-7-,18-16-,24-22-,30-28-,33-32-,36-35-. The largest absolute Gasteiger partial charge is 0.462 e. The van der Waals surface area contributed by atoms with Crippen molar-refractivity contribution in [1.29, 1.82) is 0 Å². The minimum atomic E-state index is -0.774. The van der Waals surface area contributed by atoms with Crippen LogP contribution in [0.5, 0.6) is 0 Å². The molecule has 0 fully saturated rings. The fraction of sp³-hybridized carbons (Fsp3) is 0.773. The summed E-state index contributed by atoms with van der Waals surface area (Å²) in [6.07, 6.45) is 77.8. The van der Waals surface area contributed by atoms with Crippen LogP contribution in [0.3, 0.4) is 0 Å². The van der Waals surface area contributed by atoms with E-state index in [4.69, 9.17) is 14.2 Å². The Balaban J connectivity index is 4.15. The van der Waals surface area contributed by atoms with Crippen LogP contribution in [0.1, 0.15) is 310 Å².